The van der Waals surface area contributed by atoms with Crippen LogP contribution in [-0.4, -0.2) is 22.2 Å². The maximum absolute atomic E-state index is 12.8. The fourth-order valence-corrected chi connectivity index (χ4v) is 3.31. The van der Waals surface area contributed by atoms with Gasteiger partial charge in [-0.15, -0.1) is 0 Å². The number of amides is 1. The highest BCUT2D eigenvalue weighted by molar-refractivity contribution is 5.95. The third kappa shape index (κ3) is 3.05. The van der Waals surface area contributed by atoms with E-state index >= 15 is 0 Å². The first-order valence-electron chi connectivity index (χ1n) is 9.05. The number of hydrogen-bond acceptors (Lipinski definition) is 3. The standard InChI is InChI=1S/C20H22N4O/c1-13-18(16-9-7-14(11-21)8-10-16)23-24(17-3-2-4-17)19(13)20(25)22-12-15-5-6-15/h7-10,15,17H,2-6,12H2,1H3,(H,22,25). The van der Waals surface area contributed by atoms with Gasteiger partial charge < -0.3 is 5.32 Å². The van der Waals surface area contributed by atoms with Crippen molar-refractivity contribution >= 4 is 5.91 Å². The Morgan fingerprint density at radius 2 is 2.00 bits per heavy atom. The molecule has 0 aliphatic heterocycles. The number of carbonyl (C=O) groups is 1. The van der Waals surface area contributed by atoms with Crippen molar-refractivity contribution in [1.82, 2.24) is 15.1 Å². The van der Waals surface area contributed by atoms with Crippen molar-refractivity contribution in [2.24, 2.45) is 5.92 Å². The average molecular weight is 334 g/mol. The van der Waals surface area contributed by atoms with Gasteiger partial charge in [-0.3, -0.25) is 9.48 Å². The highest BCUT2D eigenvalue weighted by atomic mass is 16.2. The summed E-state index contributed by atoms with van der Waals surface area (Å²) >= 11 is 0. The van der Waals surface area contributed by atoms with Crippen LogP contribution in [0.5, 0.6) is 0 Å². The van der Waals surface area contributed by atoms with E-state index in [1.807, 2.05) is 23.7 Å². The molecule has 4 rings (SSSR count). The van der Waals surface area contributed by atoms with Crippen LogP contribution in [-0.2, 0) is 0 Å². The lowest BCUT2D eigenvalue weighted by Crippen LogP contribution is -2.31. The van der Waals surface area contributed by atoms with E-state index in [1.165, 1.54) is 19.3 Å². The summed E-state index contributed by atoms with van der Waals surface area (Å²) < 4.78 is 1.94. The summed E-state index contributed by atoms with van der Waals surface area (Å²) in [6.07, 6.45) is 5.79. The van der Waals surface area contributed by atoms with Crippen LogP contribution in [0.1, 0.15) is 59.8 Å². The largest absolute Gasteiger partial charge is 0.350 e. The van der Waals surface area contributed by atoms with Gasteiger partial charge in [-0.2, -0.15) is 10.4 Å². The van der Waals surface area contributed by atoms with E-state index in [0.717, 1.165) is 36.2 Å². The van der Waals surface area contributed by atoms with Gasteiger partial charge in [-0.1, -0.05) is 12.1 Å². The topological polar surface area (TPSA) is 70.7 Å². The van der Waals surface area contributed by atoms with E-state index in [9.17, 15) is 4.79 Å². The van der Waals surface area contributed by atoms with Gasteiger partial charge in [0.2, 0.25) is 0 Å². The Hall–Kier alpha value is -2.61. The van der Waals surface area contributed by atoms with Crippen LogP contribution < -0.4 is 5.32 Å². The second-order valence-corrected chi connectivity index (χ2v) is 7.19. The Labute approximate surface area is 147 Å². The molecule has 2 aliphatic rings. The lowest BCUT2D eigenvalue weighted by atomic mass is 9.93. The maximum Gasteiger partial charge on any atom is 0.269 e. The minimum absolute atomic E-state index is 0.0105. The predicted molar refractivity (Wildman–Crippen MR) is 95.1 cm³/mol. The summed E-state index contributed by atoms with van der Waals surface area (Å²) in [5.74, 6) is 0.644. The van der Waals surface area contributed by atoms with Crippen molar-refractivity contribution in [2.45, 2.75) is 45.1 Å². The van der Waals surface area contributed by atoms with Gasteiger partial charge in [-0.05, 0) is 57.1 Å². The summed E-state index contributed by atoms with van der Waals surface area (Å²) in [6, 6.07) is 9.87. The van der Waals surface area contributed by atoms with E-state index in [-0.39, 0.29) is 5.91 Å². The first kappa shape index (κ1) is 15.9. The lowest BCUT2D eigenvalue weighted by Gasteiger charge is -2.27. The van der Waals surface area contributed by atoms with Crippen LogP contribution in [0.15, 0.2) is 24.3 Å². The van der Waals surface area contributed by atoms with Crippen LogP contribution in [0.3, 0.4) is 0 Å². The fraction of sp³-hybridized carbons (Fsp3) is 0.450. The van der Waals surface area contributed by atoms with Crippen molar-refractivity contribution in [3.63, 3.8) is 0 Å². The summed E-state index contributed by atoms with van der Waals surface area (Å²) in [6.45, 7) is 2.74. The molecular formula is C20H22N4O. The molecular weight excluding hydrogens is 312 g/mol. The van der Waals surface area contributed by atoms with Crippen molar-refractivity contribution in [3.8, 4) is 17.3 Å². The van der Waals surface area contributed by atoms with Gasteiger partial charge in [0.25, 0.3) is 5.91 Å². The first-order valence-corrected chi connectivity index (χ1v) is 9.05. The quantitative estimate of drug-likeness (QED) is 0.908. The molecule has 1 aromatic heterocycles. The van der Waals surface area contributed by atoms with Crippen LogP contribution in [0.25, 0.3) is 11.3 Å². The summed E-state index contributed by atoms with van der Waals surface area (Å²) in [4.78, 5) is 12.8. The SMILES string of the molecule is Cc1c(-c2ccc(C#N)cc2)nn(C2CCC2)c1C(=O)NCC1CC1. The molecule has 0 spiro atoms. The molecule has 0 bridgehead atoms. The maximum atomic E-state index is 12.8. The molecule has 0 radical (unpaired) electrons. The number of nitrogens with zero attached hydrogens (tertiary/aromatic N) is 3. The molecule has 1 amide bonds. The zero-order chi connectivity index (χ0) is 17.4. The van der Waals surface area contributed by atoms with E-state index in [2.05, 4.69) is 11.4 Å². The van der Waals surface area contributed by atoms with Crippen LogP contribution in [0, 0.1) is 24.2 Å². The van der Waals surface area contributed by atoms with Gasteiger partial charge >= 0.3 is 0 Å². The summed E-state index contributed by atoms with van der Waals surface area (Å²) in [7, 11) is 0. The number of nitriles is 1. The number of carbonyl (C=O) groups excluding carboxylic acids is 1. The Morgan fingerprint density at radius 3 is 2.56 bits per heavy atom. The molecule has 1 aromatic carbocycles. The van der Waals surface area contributed by atoms with Crippen molar-refractivity contribution < 1.29 is 4.79 Å². The minimum Gasteiger partial charge on any atom is -0.350 e. The fourth-order valence-electron chi connectivity index (χ4n) is 3.31. The molecule has 5 heteroatoms. The summed E-state index contributed by atoms with van der Waals surface area (Å²) in [5.41, 5.74) is 4.04. The number of nitrogens with one attached hydrogen (secondary N) is 1. The van der Waals surface area contributed by atoms with Crippen LogP contribution >= 0.6 is 0 Å². The lowest BCUT2D eigenvalue weighted by molar-refractivity contribution is 0.0933. The van der Waals surface area contributed by atoms with Crippen molar-refractivity contribution in [1.29, 1.82) is 5.26 Å². The Kier molecular flexibility index (Phi) is 4.04. The van der Waals surface area contributed by atoms with E-state index in [4.69, 9.17) is 10.4 Å². The number of aromatic nitrogens is 2. The Morgan fingerprint density at radius 1 is 1.28 bits per heavy atom. The smallest absolute Gasteiger partial charge is 0.269 e. The zero-order valence-electron chi connectivity index (χ0n) is 14.5. The van der Waals surface area contributed by atoms with Crippen molar-refractivity contribution in [2.75, 3.05) is 6.54 Å². The molecule has 2 fully saturated rings. The van der Waals surface area contributed by atoms with Gasteiger partial charge in [0.05, 0.1) is 23.4 Å². The molecule has 2 aliphatic carbocycles. The second kappa shape index (κ2) is 6.36. The molecule has 25 heavy (non-hydrogen) atoms. The van der Waals surface area contributed by atoms with Gasteiger partial charge in [0, 0.05) is 17.7 Å². The molecule has 5 nitrogen and oxygen atoms in total. The first-order chi connectivity index (χ1) is 12.2. The van der Waals surface area contributed by atoms with Gasteiger partial charge in [0.1, 0.15) is 5.69 Å². The summed E-state index contributed by atoms with van der Waals surface area (Å²) in [5, 5.41) is 16.9. The Bertz CT molecular complexity index is 836. The molecule has 0 unspecified atom stereocenters. The number of hydrogen-bond donors (Lipinski definition) is 1. The number of benzene rings is 1. The Balaban J connectivity index is 1.69. The third-order valence-electron chi connectivity index (χ3n) is 5.32. The molecule has 2 saturated carbocycles. The molecule has 1 N–H and O–H groups in total. The predicted octanol–water partition coefficient (Wildman–Crippen LogP) is 3.60. The molecule has 2 aromatic rings. The van der Waals surface area contributed by atoms with Gasteiger partial charge in [0.15, 0.2) is 0 Å². The highest BCUT2D eigenvalue weighted by Crippen LogP contribution is 2.36. The highest BCUT2D eigenvalue weighted by Gasteiger charge is 2.30. The molecule has 0 saturated heterocycles. The van der Waals surface area contributed by atoms with E-state index < -0.39 is 0 Å². The van der Waals surface area contributed by atoms with Crippen LogP contribution in [0.2, 0.25) is 0 Å². The monoisotopic (exact) mass is 334 g/mol. The van der Waals surface area contributed by atoms with E-state index in [1.54, 1.807) is 12.1 Å². The second-order valence-electron chi connectivity index (χ2n) is 7.19. The number of rotatable bonds is 5. The third-order valence-corrected chi connectivity index (χ3v) is 5.32. The van der Waals surface area contributed by atoms with E-state index in [0.29, 0.717) is 23.2 Å². The normalized spacial score (nSPS) is 17.0. The van der Waals surface area contributed by atoms with Crippen LogP contribution in [0.4, 0.5) is 0 Å². The van der Waals surface area contributed by atoms with Crippen molar-refractivity contribution in [3.05, 3.63) is 41.1 Å². The molecule has 128 valence electrons. The minimum atomic E-state index is -0.0105. The average Bonchev–Trinajstić information content (AvgIpc) is 3.35. The van der Waals surface area contributed by atoms with Gasteiger partial charge in [-0.25, -0.2) is 0 Å². The molecule has 1 heterocycles. The zero-order valence-corrected chi connectivity index (χ0v) is 14.5. The molecule has 0 atom stereocenters.